The zero-order valence-corrected chi connectivity index (χ0v) is 19.9. The number of aromatic nitrogens is 4. The predicted molar refractivity (Wildman–Crippen MR) is 127 cm³/mol. The van der Waals surface area contributed by atoms with Gasteiger partial charge in [0.25, 0.3) is 5.91 Å². The summed E-state index contributed by atoms with van der Waals surface area (Å²) in [7, 11) is 0. The van der Waals surface area contributed by atoms with E-state index in [4.69, 9.17) is 11.6 Å². The van der Waals surface area contributed by atoms with E-state index in [0.717, 1.165) is 17.1 Å². The highest BCUT2D eigenvalue weighted by Gasteiger charge is 2.54. The maximum absolute atomic E-state index is 14.8. The monoisotopic (exact) mass is 499 g/mol. The summed E-state index contributed by atoms with van der Waals surface area (Å²) in [5, 5.41) is 9.52. The van der Waals surface area contributed by atoms with Crippen molar-refractivity contribution in [2.24, 2.45) is 0 Å². The molecule has 1 saturated heterocycles. The number of benzene rings is 1. The molecule has 6 rings (SSSR count). The lowest BCUT2D eigenvalue weighted by Gasteiger charge is -2.36. The van der Waals surface area contributed by atoms with E-state index in [2.05, 4.69) is 25.0 Å². The second-order valence-corrected chi connectivity index (χ2v) is 9.79. The van der Waals surface area contributed by atoms with Crippen LogP contribution in [0.2, 0.25) is 5.02 Å². The molecule has 8 nitrogen and oxygen atoms in total. The van der Waals surface area contributed by atoms with Gasteiger partial charge >= 0.3 is 0 Å². The van der Waals surface area contributed by atoms with Crippen molar-refractivity contribution >= 4 is 29.3 Å². The van der Waals surface area contributed by atoms with Gasteiger partial charge in [-0.25, -0.2) is 13.8 Å². The van der Waals surface area contributed by atoms with Crippen molar-refractivity contribution in [1.82, 2.24) is 24.6 Å². The Labute approximate surface area is 206 Å². The molecule has 35 heavy (non-hydrogen) atoms. The normalized spacial score (nSPS) is 20.8. The van der Waals surface area contributed by atoms with Crippen molar-refractivity contribution in [1.29, 1.82) is 0 Å². The Morgan fingerprint density at radius 3 is 2.51 bits per heavy atom. The fraction of sp³-hybridized carbons (Fsp3) is 0.417. The number of piperazine rings is 1. The highest BCUT2D eigenvalue weighted by molar-refractivity contribution is 6.30. The number of amides is 1. The number of halogens is 3. The van der Waals surface area contributed by atoms with E-state index < -0.39 is 17.6 Å². The Balaban J connectivity index is 1.34. The number of anilines is 2. The highest BCUT2D eigenvalue weighted by atomic mass is 35.5. The first-order valence-corrected chi connectivity index (χ1v) is 12.1. The number of carbonyl (C=O) groups excluding carboxylic acids is 1. The van der Waals surface area contributed by atoms with Gasteiger partial charge in [0, 0.05) is 37.7 Å². The van der Waals surface area contributed by atoms with Crippen LogP contribution in [0.1, 0.15) is 37.2 Å². The summed E-state index contributed by atoms with van der Waals surface area (Å²) in [5.74, 6) is 1.11. The summed E-state index contributed by atoms with van der Waals surface area (Å²) in [6.45, 7) is 4.78. The van der Waals surface area contributed by atoms with E-state index in [0.29, 0.717) is 43.0 Å². The Morgan fingerprint density at radius 2 is 1.83 bits per heavy atom. The maximum Gasteiger partial charge on any atom is 0.261 e. The van der Waals surface area contributed by atoms with Crippen molar-refractivity contribution in [3.05, 3.63) is 58.8 Å². The van der Waals surface area contributed by atoms with Crippen LogP contribution >= 0.6 is 11.6 Å². The molecule has 3 aliphatic rings. The van der Waals surface area contributed by atoms with Crippen LogP contribution in [0.5, 0.6) is 0 Å². The molecule has 1 aliphatic carbocycles. The van der Waals surface area contributed by atoms with Crippen molar-refractivity contribution < 1.29 is 13.6 Å². The number of carbonyl (C=O) groups is 1. The SMILES string of the molecule is CC1c2nnc(N3CCN(c4ccc(F)cn4)CC3)n2-c2ccc(Cl)cc2CN1C(=O)C1(F)CC1. The van der Waals surface area contributed by atoms with Gasteiger partial charge in [-0.2, -0.15) is 0 Å². The molecule has 11 heteroatoms. The molecule has 182 valence electrons. The molecule has 4 heterocycles. The summed E-state index contributed by atoms with van der Waals surface area (Å²) in [6, 6.07) is 8.14. The third-order valence-corrected chi connectivity index (χ3v) is 7.30. The topological polar surface area (TPSA) is 70.4 Å². The van der Waals surface area contributed by atoms with Crippen molar-refractivity contribution in [3.63, 3.8) is 0 Å². The Bertz CT molecular complexity index is 1290. The highest BCUT2D eigenvalue weighted by Crippen LogP contribution is 2.44. The minimum absolute atomic E-state index is 0.244. The average Bonchev–Trinajstić information content (AvgIpc) is 3.49. The van der Waals surface area contributed by atoms with Gasteiger partial charge in [-0.05, 0) is 55.7 Å². The van der Waals surface area contributed by atoms with Crippen LogP contribution in [0.25, 0.3) is 5.69 Å². The number of hydrogen-bond donors (Lipinski definition) is 0. The molecule has 2 aromatic heterocycles. The Hall–Kier alpha value is -3.27. The van der Waals surface area contributed by atoms with Gasteiger partial charge in [-0.15, -0.1) is 10.2 Å². The van der Waals surface area contributed by atoms with E-state index in [1.54, 1.807) is 17.0 Å². The van der Waals surface area contributed by atoms with Crippen molar-refractivity contribution in [3.8, 4) is 5.69 Å². The van der Waals surface area contributed by atoms with Gasteiger partial charge in [0.15, 0.2) is 11.5 Å². The van der Waals surface area contributed by atoms with Crippen molar-refractivity contribution in [2.75, 3.05) is 36.0 Å². The van der Waals surface area contributed by atoms with E-state index in [1.165, 1.54) is 12.3 Å². The van der Waals surface area contributed by atoms with Crippen LogP contribution in [-0.2, 0) is 11.3 Å². The first kappa shape index (κ1) is 22.2. The first-order chi connectivity index (χ1) is 16.8. The number of nitrogens with zero attached hydrogens (tertiary/aromatic N) is 7. The largest absolute Gasteiger partial charge is 0.353 e. The molecule has 1 atom stereocenters. The lowest BCUT2D eigenvalue weighted by Crippen LogP contribution is -2.47. The van der Waals surface area contributed by atoms with Gasteiger partial charge in [-0.3, -0.25) is 9.36 Å². The molecule has 1 aromatic carbocycles. The summed E-state index contributed by atoms with van der Waals surface area (Å²) in [5.41, 5.74) is -0.135. The maximum atomic E-state index is 14.8. The lowest BCUT2D eigenvalue weighted by molar-refractivity contribution is -0.141. The second kappa shape index (κ2) is 8.15. The standard InChI is InChI=1S/C24H24ClF2N7O/c1-15-21-29-30-23(32-10-8-31(9-11-32)20-5-3-18(26)13-28-20)34(21)19-4-2-17(25)12-16(19)14-33(15)22(35)24(27)6-7-24/h2-5,12-13,15H,6-11,14H2,1H3. The van der Waals surface area contributed by atoms with E-state index in [9.17, 15) is 13.6 Å². The summed E-state index contributed by atoms with van der Waals surface area (Å²) in [6.07, 6.45) is 1.73. The average molecular weight is 500 g/mol. The molecule has 0 bridgehead atoms. The summed E-state index contributed by atoms with van der Waals surface area (Å²) in [4.78, 5) is 23.0. The lowest BCUT2D eigenvalue weighted by atomic mass is 10.1. The smallest absolute Gasteiger partial charge is 0.261 e. The summed E-state index contributed by atoms with van der Waals surface area (Å²) >= 11 is 6.31. The van der Waals surface area contributed by atoms with Gasteiger partial charge < -0.3 is 14.7 Å². The van der Waals surface area contributed by atoms with Crippen LogP contribution in [0, 0.1) is 5.82 Å². The first-order valence-electron chi connectivity index (χ1n) is 11.7. The van der Waals surface area contributed by atoms with E-state index >= 15 is 0 Å². The molecule has 1 amide bonds. The van der Waals surface area contributed by atoms with E-state index in [1.807, 2.05) is 23.6 Å². The van der Waals surface area contributed by atoms with Crippen LogP contribution in [0.3, 0.4) is 0 Å². The number of pyridine rings is 1. The number of hydrogen-bond acceptors (Lipinski definition) is 6. The molecule has 0 spiro atoms. The minimum Gasteiger partial charge on any atom is -0.353 e. The molecule has 0 N–H and O–H groups in total. The molecule has 1 saturated carbocycles. The summed E-state index contributed by atoms with van der Waals surface area (Å²) < 4.78 is 30.0. The third kappa shape index (κ3) is 3.80. The number of alkyl halides is 1. The van der Waals surface area contributed by atoms with Gasteiger partial charge in [0.1, 0.15) is 11.6 Å². The van der Waals surface area contributed by atoms with Crippen LogP contribution in [-0.4, -0.2) is 62.4 Å². The van der Waals surface area contributed by atoms with Crippen LogP contribution in [0.4, 0.5) is 20.5 Å². The predicted octanol–water partition coefficient (Wildman–Crippen LogP) is 3.69. The fourth-order valence-corrected chi connectivity index (χ4v) is 5.07. The number of rotatable bonds is 3. The molecule has 1 unspecified atom stereocenters. The second-order valence-electron chi connectivity index (χ2n) is 9.35. The van der Waals surface area contributed by atoms with Gasteiger partial charge in [0.05, 0.1) is 17.9 Å². The zero-order chi connectivity index (χ0) is 24.3. The zero-order valence-electron chi connectivity index (χ0n) is 19.2. The van der Waals surface area contributed by atoms with E-state index in [-0.39, 0.29) is 25.2 Å². The number of fused-ring (bicyclic) bond motifs is 3. The third-order valence-electron chi connectivity index (χ3n) is 7.07. The van der Waals surface area contributed by atoms with Crippen molar-refractivity contribution in [2.45, 2.75) is 38.0 Å². The Kier molecular flexibility index (Phi) is 5.17. The Morgan fingerprint density at radius 1 is 1.09 bits per heavy atom. The molecule has 2 fully saturated rings. The minimum atomic E-state index is -1.78. The molecular formula is C24H24ClF2N7O. The molecule has 3 aromatic rings. The van der Waals surface area contributed by atoms with Crippen LogP contribution in [0.15, 0.2) is 36.5 Å². The van der Waals surface area contributed by atoms with Crippen LogP contribution < -0.4 is 9.80 Å². The molecular weight excluding hydrogens is 476 g/mol. The fourth-order valence-electron chi connectivity index (χ4n) is 4.87. The van der Waals surface area contributed by atoms with Gasteiger partial charge in [0.2, 0.25) is 5.95 Å². The van der Waals surface area contributed by atoms with Gasteiger partial charge in [-0.1, -0.05) is 11.6 Å². The molecule has 2 aliphatic heterocycles. The quantitative estimate of drug-likeness (QED) is 0.547. The molecule has 0 radical (unpaired) electrons.